The third-order valence-electron chi connectivity index (χ3n) is 3.30. The van der Waals surface area contributed by atoms with Crippen molar-refractivity contribution in [2.24, 2.45) is 0 Å². The van der Waals surface area contributed by atoms with Crippen molar-refractivity contribution < 1.29 is 22.8 Å². The molecule has 1 aromatic rings. The van der Waals surface area contributed by atoms with Gasteiger partial charge in [0.15, 0.2) is 17.5 Å². The molecule has 1 aromatic carbocycles. The molecule has 2 rings (SSSR count). The van der Waals surface area contributed by atoms with Gasteiger partial charge in [0.1, 0.15) is 5.88 Å². The molecule has 0 saturated carbocycles. The summed E-state index contributed by atoms with van der Waals surface area (Å²) < 4.78 is 39.6. The van der Waals surface area contributed by atoms with Gasteiger partial charge in [-0.25, -0.2) is 13.2 Å². The Kier molecular flexibility index (Phi) is 4.72. The van der Waals surface area contributed by atoms with E-state index in [0.717, 1.165) is 6.07 Å². The highest BCUT2D eigenvalue weighted by molar-refractivity contribution is 6.27. The predicted octanol–water partition coefficient (Wildman–Crippen LogP) is 1.63. The number of amides is 2. The summed E-state index contributed by atoms with van der Waals surface area (Å²) in [5.41, 5.74) is -0.522. The molecule has 1 saturated heterocycles. The van der Waals surface area contributed by atoms with E-state index < -0.39 is 28.9 Å². The lowest BCUT2D eigenvalue weighted by Gasteiger charge is -2.34. The lowest BCUT2D eigenvalue weighted by atomic mass is 10.1. The Balaban J connectivity index is 2.09. The summed E-state index contributed by atoms with van der Waals surface area (Å²) >= 11 is 5.43. The normalized spacial score (nSPS) is 15.2. The van der Waals surface area contributed by atoms with Crippen molar-refractivity contribution in [3.05, 3.63) is 35.1 Å². The molecule has 1 aliphatic heterocycles. The van der Waals surface area contributed by atoms with Gasteiger partial charge in [0.25, 0.3) is 5.91 Å². The summed E-state index contributed by atoms with van der Waals surface area (Å²) in [6.45, 7) is 0.894. The number of hydrogen-bond acceptors (Lipinski definition) is 2. The minimum atomic E-state index is -1.67. The molecule has 0 radical (unpaired) electrons. The molecule has 0 aromatic heterocycles. The van der Waals surface area contributed by atoms with Crippen LogP contribution in [0, 0.1) is 17.5 Å². The third-order valence-corrected chi connectivity index (χ3v) is 3.53. The molecule has 0 unspecified atom stereocenters. The lowest BCUT2D eigenvalue weighted by molar-refractivity contribution is -0.129. The van der Waals surface area contributed by atoms with Crippen LogP contribution in [0.25, 0.3) is 0 Å². The number of hydrogen-bond donors (Lipinski definition) is 0. The van der Waals surface area contributed by atoms with Crippen LogP contribution in [0.15, 0.2) is 12.1 Å². The van der Waals surface area contributed by atoms with Crippen LogP contribution in [0.4, 0.5) is 13.2 Å². The third kappa shape index (κ3) is 3.12. The Bertz CT molecular complexity index is 575. The smallest absolute Gasteiger partial charge is 0.257 e. The monoisotopic (exact) mass is 320 g/mol. The van der Waals surface area contributed by atoms with Gasteiger partial charge in [-0.1, -0.05) is 0 Å². The van der Waals surface area contributed by atoms with Crippen molar-refractivity contribution in [3.63, 3.8) is 0 Å². The first-order valence-electron chi connectivity index (χ1n) is 6.22. The fraction of sp³-hybridized carbons (Fsp3) is 0.385. The maximum absolute atomic E-state index is 13.6. The molecule has 0 spiro atoms. The van der Waals surface area contributed by atoms with Gasteiger partial charge < -0.3 is 9.80 Å². The average molecular weight is 321 g/mol. The van der Waals surface area contributed by atoms with E-state index in [4.69, 9.17) is 11.6 Å². The highest BCUT2D eigenvalue weighted by atomic mass is 35.5. The van der Waals surface area contributed by atoms with E-state index in [9.17, 15) is 22.8 Å². The standard InChI is InChI=1S/C13H12ClF3N2O2/c14-7-10(20)18-3-5-19(6-4-18)13(21)8-1-2-9(15)12(17)11(8)16/h1-2H,3-7H2. The fourth-order valence-corrected chi connectivity index (χ4v) is 2.27. The first-order chi connectivity index (χ1) is 9.95. The number of halogens is 4. The van der Waals surface area contributed by atoms with Crippen LogP contribution < -0.4 is 0 Å². The maximum atomic E-state index is 13.6. The number of piperazine rings is 1. The summed E-state index contributed by atoms with van der Waals surface area (Å²) in [5.74, 6) is -5.64. The summed E-state index contributed by atoms with van der Waals surface area (Å²) in [6.07, 6.45) is 0. The number of rotatable bonds is 2. The van der Waals surface area contributed by atoms with Crippen LogP contribution in [0.5, 0.6) is 0 Å². The van der Waals surface area contributed by atoms with Crippen LogP contribution in [-0.2, 0) is 4.79 Å². The van der Waals surface area contributed by atoms with E-state index in [0.29, 0.717) is 6.07 Å². The predicted molar refractivity (Wildman–Crippen MR) is 69.5 cm³/mol. The minimum Gasteiger partial charge on any atom is -0.338 e. The molecule has 1 fully saturated rings. The van der Waals surface area contributed by atoms with Gasteiger partial charge in [0.05, 0.1) is 5.56 Å². The second-order valence-electron chi connectivity index (χ2n) is 4.53. The van der Waals surface area contributed by atoms with Crippen molar-refractivity contribution in [1.29, 1.82) is 0 Å². The van der Waals surface area contributed by atoms with Gasteiger partial charge in [-0.2, -0.15) is 0 Å². The summed E-state index contributed by atoms with van der Waals surface area (Å²) in [5, 5.41) is 0. The van der Waals surface area contributed by atoms with Crippen molar-refractivity contribution in [3.8, 4) is 0 Å². The molecule has 0 bridgehead atoms. The van der Waals surface area contributed by atoms with Gasteiger partial charge in [0.2, 0.25) is 5.91 Å². The Labute approximate surface area is 124 Å². The molecule has 8 heteroatoms. The molecule has 2 amide bonds. The van der Waals surface area contributed by atoms with Gasteiger partial charge >= 0.3 is 0 Å². The van der Waals surface area contributed by atoms with Crippen molar-refractivity contribution in [1.82, 2.24) is 9.80 Å². The Morgan fingerprint density at radius 2 is 1.57 bits per heavy atom. The van der Waals surface area contributed by atoms with Crippen molar-refractivity contribution in [2.45, 2.75) is 0 Å². The first-order valence-corrected chi connectivity index (χ1v) is 6.75. The topological polar surface area (TPSA) is 40.6 Å². The van der Waals surface area contributed by atoms with Crippen molar-refractivity contribution >= 4 is 23.4 Å². The average Bonchev–Trinajstić information content (AvgIpc) is 2.51. The minimum absolute atomic E-state index is 0.147. The molecule has 1 heterocycles. The fourth-order valence-electron chi connectivity index (χ4n) is 2.10. The zero-order valence-corrected chi connectivity index (χ0v) is 11.7. The number of nitrogens with zero attached hydrogens (tertiary/aromatic N) is 2. The maximum Gasteiger partial charge on any atom is 0.257 e. The second-order valence-corrected chi connectivity index (χ2v) is 4.80. The molecule has 0 atom stereocenters. The van der Waals surface area contributed by atoms with Gasteiger partial charge in [-0.3, -0.25) is 9.59 Å². The second kappa shape index (κ2) is 6.34. The molecule has 1 aliphatic rings. The summed E-state index contributed by atoms with van der Waals surface area (Å²) in [6, 6.07) is 1.62. The highest BCUT2D eigenvalue weighted by Crippen LogP contribution is 2.18. The zero-order chi connectivity index (χ0) is 15.6. The van der Waals surface area contributed by atoms with Crippen LogP contribution >= 0.6 is 11.6 Å². The SMILES string of the molecule is O=C(CCl)N1CCN(C(=O)c2ccc(F)c(F)c2F)CC1. The number of benzene rings is 1. The van der Waals surface area contributed by atoms with Gasteiger partial charge in [0, 0.05) is 26.2 Å². The van der Waals surface area contributed by atoms with Crippen LogP contribution in [-0.4, -0.2) is 53.7 Å². The van der Waals surface area contributed by atoms with Crippen molar-refractivity contribution in [2.75, 3.05) is 32.1 Å². The lowest BCUT2D eigenvalue weighted by Crippen LogP contribution is -2.51. The summed E-state index contributed by atoms with van der Waals surface area (Å²) in [7, 11) is 0. The number of alkyl halides is 1. The van der Waals surface area contributed by atoms with E-state index in [1.54, 1.807) is 0 Å². The van der Waals surface area contributed by atoms with Crippen LogP contribution in [0.3, 0.4) is 0 Å². The van der Waals surface area contributed by atoms with Gasteiger partial charge in [-0.15, -0.1) is 11.6 Å². The highest BCUT2D eigenvalue weighted by Gasteiger charge is 2.27. The summed E-state index contributed by atoms with van der Waals surface area (Å²) in [4.78, 5) is 26.3. The Hall–Kier alpha value is -1.76. The van der Waals surface area contributed by atoms with E-state index in [1.807, 2.05) is 0 Å². The first kappa shape index (κ1) is 15.6. The van der Waals surface area contributed by atoms with Crippen LogP contribution in [0.1, 0.15) is 10.4 Å². The quantitative estimate of drug-likeness (QED) is 0.614. The Morgan fingerprint density at radius 3 is 2.14 bits per heavy atom. The van der Waals surface area contributed by atoms with E-state index in [1.165, 1.54) is 9.80 Å². The van der Waals surface area contributed by atoms with E-state index in [2.05, 4.69) is 0 Å². The molecular formula is C13H12ClF3N2O2. The largest absolute Gasteiger partial charge is 0.338 e. The van der Waals surface area contributed by atoms with Gasteiger partial charge in [-0.05, 0) is 12.1 Å². The molecular weight excluding hydrogens is 309 g/mol. The van der Waals surface area contributed by atoms with E-state index in [-0.39, 0.29) is 38.0 Å². The Morgan fingerprint density at radius 1 is 1.00 bits per heavy atom. The zero-order valence-electron chi connectivity index (χ0n) is 10.9. The molecule has 4 nitrogen and oxygen atoms in total. The molecule has 21 heavy (non-hydrogen) atoms. The molecule has 0 N–H and O–H groups in total. The van der Waals surface area contributed by atoms with E-state index >= 15 is 0 Å². The molecule has 114 valence electrons. The molecule has 0 aliphatic carbocycles. The number of carbonyl (C=O) groups excluding carboxylic acids is 2. The van der Waals surface area contributed by atoms with Crippen LogP contribution in [0.2, 0.25) is 0 Å². The number of carbonyl (C=O) groups is 2.